The third kappa shape index (κ3) is 4.44. The zero-order chi connectivity index (χ0) is 13.7. The highest BCUT2D eigenvalue weighted by Gasteiger charge is 2.16. The summed E-state index contributed by atoms with van der Waals surface area (Å²) >= 11 is 1.94. The van der Waals surface area contributed by atoms with Crippen LogP contribution in [0.5, 0.6) is 0 Å². The number of carbonyl (C=O) groups excluding carboxylic acids is 1. The van der Waals surface area contributed by atoms with Crippen molar-refractivity contribution < 1.29 is 4.79 Å². The molecule has 1 saturated heterocycles. The predicted octanol–water partition coefficient (Wildman–Crippen LogP) is 2.72. The van der Waals surface area contributed by atoms with E-state index in [1.165, 1.54) is 18.6 Å². The van der Waals surface area contributed by atoms with E-state index < -0.39 is 0 Å². The highest BCUT2D eigenvalue weighted by molar-refractivity contribution is 8.00. The lowest BCUT2D eigenvalue weighted by molar-refractivity contribution is 0.252. The molecule has 19 heavy (non-hydrogen) atoms. The number of hydrogen-bond donors (Lipinski definition) is 3. The number of anilines is 1. The molecule has 2 unspecified atom stereocenters. The van der Waals surface area contributed by atoms with Crippen molar-refractivity contribution in [1.82, 2.24) is 5.32 Å². The van der Waals surface area contributed by atoms with Gasteiger partial charge >= 0.3 is 6.03 Å². The molecule has 2 amide bonds. The van der Waals surface area contributed by atoms with Gasteiger partial charge in [-0.25, -0.2) is 4.79 Å². The number of nitrogens with one attached hydrogen (secondary N) is 2. The second kappa shape index (κ2) is 6.82. The van der Waals surface area contributed by atoms with Crippen molar-refractivity contribution in [3.63, 3.8) is 0 Å². The minimum absolute atomic E-state index is 0.0281. The molecule has 0 saturated carbocycles. The summed E-state index contributed by atoms with van der Waals surface area (Å²) < 4.78 is 0. The minimum atomic E-state index is -0.144. The number of nitrogens with two attached hydrogens (primary N) is 1. The maximum Gasteiger partial charge on any atom is 0.319 e. The Morgan fingerprint density at radius 3 is 3.11 bits per heavy atom. The van der Waals surface area contributed by atoms with Crippen LogP contribution in [0.3, 0.4) is 0 Å². The lowest BCUT2D eigenvalue weighted by atomic mass is 10.1. The van der Waals surface area contributed by atoms with Crippen LogP contribution < -0.4 is 16.4 Å². The molecule has 1 aliphatic rings. The van der Waals surface area contributed by atoms with E-state index >= 15 is 0 Å². The average Bonchev–Trinajstić information content (AvgIpc) is 2.90. The highest BCUT2D eigenvalue weighted by atomic mass is 32.2. The van der Waals surface area contributed by atoms with Crippen LogP contribution in [0.2, 0.25) is 0 Å². The first-order chi connectivity index (χ1) is 9.15. The molecular formula is C14H21N3OS. The van der Waals surface area contributed by atoms with E-state index in [4.69, 9.17) is 5.73 Å². The second-order valence-corrected chi connectivity index (χ2v) is 6.29. The van der Waals surface area contributed by atoms with Crippen LogP contribution in [0, 0.1) is 0 Å². The van der Waals surface area contributed by atoms with E-state index in [2.05, 4.69) is 10.6 Å². The number of carbonyl (C=O) groups is 1. The molecule has 1 heterocycles. The number of rotatable bonds is 4. The first-order valence-corrected chi connectivity index (χ1v) is 7.72. The van der Waals surface area contributed by atoms with Gasteiger partial charge in [0.15, 0.2) is 0 Å². The van der Waals surface area contributed by atoms with Gasteiger partial charge in [-0.3, -0.25) is 0 Å². The van der Waals surface area contributed by atoms with Crippen LogP contribution in [0.15, 0.2) is 24.3 Å². The van der Waals surface area contributed by atoms with Crippen molar-refractivity contribution in [3.05, 3.63) is 29.8 Å². The normalized spacial score (nSPS) is 20.0. The third-order valence-corrected chi connectivity index (χ3v) is 4.58. The Kier molecular flexibility index (Phi) is 5.10. The molecule has 0 spiro atoms. The summed E-state index contributed by atoms with van der Waals surface area (Å²) in [6.07, 6.45) is 2.46. The van der Waals surface area contributed by atoms with Gasteiger partial charge in [-0.05, 0) is 43.2 Å². The molecule has 0 radical (unpaired) electrons. The molecule has 4 N–H and O–H groups in total. The molecule has 0 aliphatic carbocycles. The van der Waals surface area contributed by atoms with E-state index in [1.54, 1.807) is 0 Å². The second-order valence-electron chi connectivity index (χ2n) is 4.88. The molecule has 104 valence electrons. The molecule has 2 atom stereocenters. The molecule has 0 bridgehead atoms. The summed E-state index contributed by atoms with van der Waals surface area (Å²) in [6.45, 7) is 2.67. The zero-order valence-corrected chi connectivity index (χ0v) is 12.0. The number of benzene rings is 1. The van der Waals surface area contributed by atoms with Crippen molar-refractivity contribution in [2.45, 2.75) is 31.1 Å². The molecule has 5 heteroatoms. The molecular weight excluding hydrogens is 258 g/mol. The maximum absolute atomic E-state index is 11.8. The quantitative estimate of drug-likeness (QED) is 0.794. The Hall–Kier alpha value is -1.20. The van der Waals surface area contributed by atoms with Crippen LogP contribution in [0.25, 0.3) is 0 Å². The summed E-state index contributed by atoms with van der Waals surface area (Å²) in [5.74, 6) is 1.21. The summed E-state index contributed by atoms with van der Waals surface area (Å²) in [5, 5.41) is 6.34. The molecule has 2 rings (SSSR count). The fourth-order valence-corrected chi connectivity index (χ4v) is 3.29. The fourth-order valence-electron chi connectivity index (χ4n) is 2.09. The first kappa shape index (κ1) is 14.2. The Bertz CT molecular complexity index is 430. The molecule has 4 nitrogen and oxygen atoms in total. The van der Waals surface area contributed by atoms with Crippen molar-refractivity contribution in [1.29, 1.82) is 0 Å². The van der Waals surface area contributed by atoms with Gasteiger partial charge in [0.1, 0.15) is 0 Å². The van der Waals surface area contributed by atoms with Crippen LogP contribution in [-0.2, 0) is 0 Å². The highest BCUT2D eigenvalue weighted by Crippen LogP contribution is 2.25. The SMILES string of the molecule is CC(N)c1cccc(NC(=O)NCC2CCCS2)c1. The average molecular weight is 279 g/mol. The number of urea groups is 1. The van der Waals surface area contributed by atoms with Crippen LogP contribution in [-0.4, -0.2) is 23.6 Å². The van der Waals surface area contributed by atoms with E-state index in [-0.39, 0.29) is 12.1 Å². The van der Waals surface area contributed by atoms with E-state index in [0.717, 1.165) is 17.8 Å². The standard InChI is InChI=1S/C14H21N3OS/c1-10(15)11-4-2-5-12(8-11)17-14(18)16-9-13-6-3-7-19-13/h2,4-5,8,10,13H,3,6-7,9,15H2,1H3,(H2,16,17,18). The van der Waals surface area contributed by atoms with E-state index in [1.807, 2.05) is 43.0 Å². The fraction of sp³-hybridized carbons (Fsp3) is 0.500. The lowest BCUT2D eigenvalue weighted by Crippen LogP contribution is -2.33. The monoisotopic (exact) mass is 279 g/mol. The van der Waals surface area contributed by atoms with E-state index in [0.29, 0.717) is 5.25 Å². The van der Waals surface area contributed by atoms with Crippen LogP contribution in [0.1, 0.15) is 31.4 Å². The van der Waals surface area contributed by atoms with Crippen LogP contribution >= 0.6 is 11.8 Å². The summed E-state index contributed by atoms with van der Waals surface area (Å²) in [7, 11) is 0. The molecule has 1 aliphatic heterocycles. The van der Waals surface area contributed by atoms with Crippen molar-refractivity contribution >= 4 is 23.5 Å². The van der Waals surface area contributed by atoms with Gasteiger partial charge in [0.2, 0.25) is 0 Å². The van der Waals surface area contributed by atoms with Gasteiger partial charge in [-0.15, -0.1) is 0 Å². The Morgan fingerprint density at radius 1 is 1.58 bits per heavy atom. The van der Waals surface area contributed by atoms with Gasteiger partial charge < -0.3 is 16.4 Å². The third-order valence-electron chi connectivity index (χ3n) is 3.18. The number of hydrogen-bond acceptors (Lipinski definition) is 3. The topological polar surface area (TPSA) is 67.1 Å². The number of amides is 2. The van der Waals surface area contributed by atoms with Crippen molar-refractivity contribution in [2.75, 3.05) is 17.6 Å². The minimum Gasteiger partial charge on any atom is -0.337 e. The van der Waals surface area contributed by atoms with Crippen molar-refractivity contribution in [2.24, 2.45) is 5.73 Å². The Labute approximate surface area is 118 Å². The molecule has 0 aromatic heterocycles. The van der Waals surface area contributed by atoms with Gasteiger partial charge in [0, 0.05) is 23.5 Å². The summed E-state index contributed by atoms with van der Waals surface area (Å²) in [4.78, 5) is 11.8. The maximum atomic E-state index is 11.8. The van der Waals surface area contributed by atoms with Crippen molar-refractivity contribution in [3.8, 4) is 0 Å². The largest absolute Gasteiger partial charge is 0.337 e. The lowest BCUT2D eigenvalue weighted by Gasteiger charge is -2.12. The Morgan fingerprint density at radius 2 is 2.42 bits per heavy atom. The van der Waals surface area contributed by atoms with Gasteiger partial charge in [0.25, 0.3) is 0 Å². The van der Waals surface area contributed by atoms with Crippen LogP contribution in [0.4, 0.5) is 10.5 Å². The molecule has 1 fully saturated rings. The predicted molar refractivity (Wildman–Crippen MR) is 81.5 cm³/mol. The summed E-state index contributed by atoms with van der Waals surface area (Å²) in [6, 6.07) is 7.48. The molecule has 1 aromatic carbocycles. The van der Waals surface area contributed by atoms with Gasteiger partial charge in [0.05, 0.1) is 0 Å². The van der Waals surface area contributed by atoms with E-state index in [9.17, 15) is 4.79 Å². The first-order valence-electron chi connectivity index (χ1n) is 6.67. The van der Waals surface area contributed by atoms with Gasteiger partial charge in [-0.2, -0.15) is 11.8 Å². The zero-order valence-electron chi connectivity index (χ0n) is 11.2. The Balaban J connectivity index is 1.82. The summed E-state index contributed by atoms with van der Waals surface area (Å²) in [5.41, 5.74) is 7.63. The molecule has 1 aromatic rings. The smallest absolute Gasteiger partial charge is 0.319 e. The number of thioether (sulfide) groups is 1. The van der Waals surface area contributed by atoms with Gasteiger partial charge in [-0.1, -0.05) is 12.1 Å².